The fraction of sp³-hybridized carbons (Fsp3) is 0.182. The van der Waals surface area contributed by atoms with Gasteiger partial charge in [0.25, 0.3) is 0 Å². The third-order valence-electron chi connectivity index (χ3n) is 4.74. The number of piperazine rings is 1. The minimum Gasteiger partial charge on any atom is -0.353 e. The fourth-order valence-electron chi connectivity index (χ4n) is 3.33. The van der Waals surface area contributed by atoms with E-state index in [4.69, 9.17) is 0 Å². The van der Waals surface area contributed by atoms with Crippen molar-refractivity contribution in [2.24, 2.45) is 0 Å². The monoisotopic (exact) mass is 358 g/mol. The molecule has 2 heterocycles. The maximum absolute atomic E-state index is 13.4. The van der Waals surface area contributed by atoms with Crippen LogP contribution < -0.4 is 9.80 Å². The molecule has 1 saturated heterocycles. The predicted octanol–water partition coefficient (Wildman–Crippen LogP) is 4.16. The lowest BCUT2D eigenvalue weighted by molar-refractivity contribution is 0.203. The van der Waals surface area contributed by atoms with Crippen LogP contribution in [0.25, 0.3) is 0 Å². The number of carbonyl (C=O) groups is 1. The van der Waals surface area contributed by atoms with Crippen molar-refractivity contribution in [2.75, 3.05) is 36.0 Å². The summed E-state index contributed by atoms with van der Waals surface area (Å²) in [6.07, 6.45) is 1.80. The number of amides is 2. The number of pyridine rings is 1. The summed E-state index contributed by atoms with van der Waals surface area (Å²) in [6, 6.07) is 25.5. The van der Waals surface area contributed by atoms with E-state index in [1.807, 2.05) is 83.8 Å². The molecule has 0 unspecified atom stereocenters. The van der Waals surface area contributed by atoms with Crippen LogP contribution in [0, 0.1) is 0 Å². The molecule has 1 aliphatic heterocycles. The summed E-state index contributed by atoms with van der Waals surface area (Å²) in [5, 5.41) is 0. The van der Waals surface area contributed by atoms with Gasteiger partial charge in [-0.1, -0.05) is 42.5 Å². The Morgan fingerprint density at radius 2 is 1.30 bits per heavy atom. The summed E-state index contributed by atoms with van der Waals surface area (Å²) >= 11 is 0. The molecule has 0 saturated carbocycles. The first-order valence-electron chi connectivity index (χ1n) is 9.18. The summed E-state index contributed by atoms with van der Waals surface area (Å²) in [7, 11) is 0. The molecule has 0 N–H and O–H groups in total. The number of hydrogen-bond acceptors (Lipinski definition) is 3. The van der Waals surface area contributed by atoms with E-state index in [1.165, 1.54) is 0 Å². The van der Waals surface area contributed by atoms with Crippen LogP contribution in [0.5, 0.6) is 0 Å². The number of urea groups is 1. The third-order valence-corrected chi connectivity index (χ3v) is 4.74. The van der Waals surface area contributed by atoms with Gasteiger partial charge in [-0.15, -0.1) is 0 Å². The Morgan fingerprint density at radius 3 is 1.81 bits per heavy atom. The maximum Gasteiger partial charge on any atom is 0.329 e. The van der Waals surface area contributed by atoms with E-state index in [-0.39, 0.29) is 6.03 Å². The Labute approximate surface area is 159 Å². The molecule has 2 amide bonds. The molecule has 5 heteroatoms. The fourth-order valence-corrected chi connectivity index (χ4v) is 3.33. The highest BCUT2D eigenvalue weighted by Crippen LogP contribution is 2.27. The first-order chi connectivity index (χ1) is 13.3. The third kappa shape index (κ3) is 3.77. The molecule has 0 radical (unpaired) electrons. The number of benzene rings is 2. The van der Waals surface area contributed by atoms with Crippen molar-refractivity contribution in [1.82, 2.24) is 9.88 Å². The molecular formula is C22H22N4O. The van der Waals surface area contributed by atoms with Crippen LogP contribution in [0.15, 0.2) is 85.1 Å². The number of hydrogen-bond donors (Lipinski definition) is 0. The molecule has 1 fully saturated rings. The minimum atomic E-state index is 0.00747. The summed E-state index contributed by atoms with van der Waals surface area (Å²) in [6.45, 7) is 2.90. The zero-order chi connectivity index (χ0) is 18.5. The van der Waals surface area contributed by atoms with Crippen molar-refractivity contribution in [1.29, 1.82) is 0 Å². The van der Waals surface area contributed by atoms with Gasteiger partial charge in [-0.05, 0) is 36.4 Å². The second-order valence-corrected chi connectivity index (χ2v) is 6.45. The SMILES string of the molecule is O=C(N1CCN(c2ccccn2)CC1)N(c1ccccc1)c1ccccc1. The molecule has 27 heavy (non-hydrogen) atoms. The zero-order valence-corrected chi connectivity index (χ0v) is 15.1. The lowest BCUT2D eigenvalue weighted by Gasteiger charge is -2.38. The first-order valence-corrected chi connectivity index (χ1v) is 9.18. The van der Waals surface area contributed by atoms with Gasteiger partial charge in [0.05, 0.1) is 11.4 Å². The molecule has 0 aliphatic carbocycles. The van der Waals surface area contributed by atoms with Gasteiger partial charge in [0, 0.05) is 32.4 Å². The van der Waals surface area contributed by atoms with E-state index in [9.17, 15) is 4.79 Å². The summed E-state index contributed by atoms with van der Waals surface area (Å²) in [5.41, 5.74) is 1.75. The number of anilines is 3. The number of aromatic nitrogens is 1. The quantitative estimate of drug-likeness (QED) is 0.706. The van der Waals surface area contributed by atoms with E-state index >= 15 is 0 Å². The molecule has 4 rings (SSSR count). The maximum atomic E-state index is 13.4. The van der Waals surface area contributed by atoms with Gasteiger partial charge in [-0.25, -0.2) is 9.78 Å². The van der Waals surface area contributed by atoms with Crippen LogP contribution in [0.1, 0.15) is 0 Å². The number of para-hydroxylation sites is 2. The summed E-state index contributed by atoms with van der Waals surface area (Å²) < 4.78 is 0. The van der Waals surface area contributed by atoms with Crippen LogP contribution in [0.2, 0.25) is 0 Å². The number of carbonyl (C=O) groups excluding carboxylic acids is 1. The highest BCUT2D eigenvalue weighted by atomic mass is 16.2. The van der Waals surface area contributed by atoms with Gasteiger partial charge in [-0.2, -0.15) is 0 Å². The van der Waals surface area contributed by atoms with E-state index in [2.05, 4.69) is 9.88 Å². The Hall–Kier alpha value is -3.34. The highest BCUT2D eigenvalue weighted by Gasteiger charge is 2.27. The second kappa shape index (κ2) is 7.91. The molecule has 136 valence electrons. The molecule has 0 spiro atoms. The topological polar surface area (TPSA) is 39.7 Å². The highest BCUT2D eigenvalue weighted by molar-refractivity contribution is 5.99. The molecule has 5 nitrogen and oxygen atoms in total. The smallest absolute Gasteiger partial charge is 0.329 e. The van der Waals surface area contributed by atoms with E-state index in [0.29, 0.717) is 13.1 Å². The number of nitrogens with zero attached hydrogens (tertiary/aromatic N) is 4. The van der Waals surface area contributed by atoms with Crippen molar-refractivity contribution in [2.45, 2.75) is 0 Å². The molecular weight excluding hydrogens is 336 g/mol. The van der Waals surface area contributed by atoms with Crippen LogP contribution in [0.3, 0.4) is 0 Å². The lowest BCUT2D eigenvalue weighted by Crippen LogP contribution is -2.52. The average Bonchev–Trinajstić information content (AvgIpc) is 2.76. The van der Waals surface area contributed by atoms with Gasteiger partial charge < -0.3 is 9.80 Å². The van der Waals surface area contributed by atoms with Crippen LogP contribution in [-0.2, 0) is 0 Å². The van der Waals surface area contributed by atoms with Gasteiger partial charge in [0.15, 0.2) is 0 Å². The van der Waals surface area contributed by atoms with E-state index in [0.717, 1.165) is 30.3 Å². The Balaban J connectivity index is 1.53. The van der Waals surface area contributed by atoms with Crippen molar-refractivity contribution >= 4 is 23.2 Å². The summed E-state index contributed by atoms with van der Waals surface area (Å²) in [5.74, 6) is 0.965. The molecule has 0 bridgehead atoms. The van der Waals surface area contributed by atoms with E-state index < -0.39 is 0 Å². The molecule has 0 atom stereocenters. The normalized spacial score (nSPS) is 14.1. The van der Waals surface area contributed by atoms with Crippen molar-refractivity contribution in [3.8, 4) is 0 Å². The van der Waals surface area contributed by atoms with Crippen molar-refractivity contribution < 1.29 is 4.79 Å². The van der Waals surface area contributed by atoms with Crippen molar-refractivity contribution in [3.63, 3.8) is 0 Å². The minimum absolute atomic E-state index is 0.00747. The summed E-state index contributed by atoms with van der Waals surface area (Å²) in [4.78, 5) is 23.7. The zero-order valence-electron chi connectivity index (χ0n) is 15.1. The molecule has 3 aromatic rings. The molecule has 1 aromatic heterocycles. The van der Waals surface area contributed by atoms with Gasteiger partial charge in [0.1, 0.15) is 5.82 Å². The van der Waals surface area contributed by atoms with Crippen molar-refractivity contribution in [3.05, 3.63) is 85.1 Å². The predicted molar refractivity (Wildman–Crippen MR) is 108 cm³/mol. The van der Waals surface area contributed by atoms with Crippen LogP contribution in [0.4, 0.5) is 22.0 Å². The molecule has 2 aromatic carbocycles. The molecule has 1 aliphatic rings. The Morgan fingerprint density at radius 1 is 0.741 bits per heavy atom. The van der Waals surface area contributed by atoms with Gasteiger partial charge >= 0.3 is 6.03 Å². The number of rotatable bonds is 3. The standard InChI is InChI=1S/C22H22N4O/c27-22(25-17-15-24(16-18-25)21-13-7-8-14-23-21)26(19-9-3-1-4-10-19)20-11-5-2-6-12-20/h1-14H,15-18H2. The largest absolute Gasteiger partial charge is 0.353 e. The van der Waals surface area contributed by atoms with Gasteiger partial charge in [0.2, 0.25) is 0 Å². The first kappa shape index (κ1) is 17.1. The second-order valence-electron chi connectivity index (χ2n) is 6.45. The van der Waals surface area contributed by atoms with E-state index in [1.54, 1.807) is 11.1 Å². The average molecular weight is 358 g/mol. The lowest BCUT2D eigenvalue weighted by atomic mass is 10.2. The van der Waals surface area contributed by atoms with Crippen LogP contribution in [-0.4, -0.2) is 42.1 Å². The Bertz CT molecular complexity index is 823. The Kier molecular flexibility index (Phi) is 5.01. The van der Waals surface area contributed by atoms with Crippen LogP contribution >= 0.6 is 0 Å². The van der Waals surface area contributed by atoms with Gasteiger partial charge in [-0.3, -0.25) is 4.90 Å².